The van der Waals surface area contributed by atoms with Gasteiger partial charge in [-0.15, -0.1) is 0 Å². The van der Waals surface area contributed by atoms with Crippen molar-refractivity contribution in [3.63, 3.8) is 0 Å². The fourth-order valence-corrected chi connectivity index (χ4v) is 8.03. The zero-order valence-corrected chi connectivity index (χ0v) is 18.7. The van der Waals surface area contributed by atoms with Crippen molar-refractivity contribution in [2.45, 2.75) is 104 Å². The molecule has 0 aromatic heterocycles. The van der Waals surface area contributed by atoms with E-state index in [1.807, 2.05) is 0 Å². The molecule has 0 aromatic carbocycles. The van der Waals surface area contributed by atoms with Crippen molar-refractivity contribution in [1.29, 1.82) is 0 Å². The van der Waals surface area contributed by atoms with E-state index in [-0.39, 0.29) is 11.5 Å². The highest BCUT2D eigenvalue weighted by molar-refractivity contribution is 5.82. The summed E-state index contributed by atoms with van der Waals surface area (Å²) in [6.07, 6.45) is 14.6. The van der Waals surface area contributed by atoms with Gasteiger partial charge in [0, 0.05) is 12.3 Å². The van der Waals surface area contributed by atoms with Crippen molar-refractivity contribution in [2.24, 2.45) is 40.4 Å². The van der Waals surface area contributed by atoms with Crippen molar-refractivity contribution in [3.05, 3.63) is 11.6 Å². The van der Waals surface area contributed by atoms with Gasteiger partial charge in [-0.2, -0.15) is 0 Å². The van der Waals surface area contributed by atoms with Gasteiger partial charge in [-0.05, 0) is 92.3 Å². The molecule has 3 saturated carbocycles. The first kappa shape index (κ1) is 20.6. The molecule has 0 heterocycles. The van der Waals surface area contributed by atoms with Gasteiger partial charge in [0.2, 0.25) is 0 Å². The molecule has 0 spiro atoms. The van der Waals surface area contributed by atoms with Crippen molar-refractivity contribution >= 4 is 5.78 Å². The summed E-state index contributed by atoms with van der Waals surface area (Å²) in [6.45, 7) is 9.48. The number of allylic oxidation sites excluding steroid dienone is 1. The van der Waals surface area contributed by atoms with Gasteiger partial charge in [-0.3, -0.25) is 4.79 Å². The highest BCUT2D eigenvalue weighted by Gasteiger charge is 2.59. The van der Waals surface area contributed by atoms with Crippen LogP contribution in [0, 0.1) is 40.4 Å². The predicted octanol–water partition coefficient (Wildman–Crippen LogP) is 6.32. The zero-order chi connectivity index (χ0) is 20.1. The van der Waals surface area contributed by atoms with E-state index >= 15 is 0 Å². The summed E-state index contributed by atoms with van der Waals surface area (Å²) in [4.78, 5) is 13.1. The Bertz CT molecular complexity index is 634. The molecule has 0 amide bonds. The van der Waals surface area contributed by atoms with Gasteiger partial charge in [-0.25, -0.2) is 0 Å². The lowest BCUT2D eigenvalue weighted by molar-refractivity contribution is -0.129. The average Bonchev–Trinajstić information content (AvgIpc) is 2.99. The molecule has 0 radical (unpaired) electrons. The van der Waals surface area contributed by atoms with Crippen LogP contribution in [0.4, 0.5) is 0 Å². The van der Waals surface area contributed by atoms with Crippen molar-refractivity contribution in [1.82, 2.24) is 0 Å². The number of hydrogen-bond donors (Lipinski definition) is 1. The van der Waals surface area contributed by atoms with Crippen LogP contribution in [-0.2, 0) is 4.79 Å². The van der Waals surface area contributed by atoms with Crippen LogP contribution in [0.25, 0.3) is 0 Å². The maximum Gasteiger partial charge on any atom is 0.136 e. The minimum absolute atomic E-state index is 0.121. The monoisotopic (exact) mass is 386 g/mol. The van der Waals surface area contributed by atoms with Gasteiger partial charge in [0.1, 0.15) is 5.78 Å². The minimum Gasteiger partial charge on any atom is -0.393 e. The Morgan fingerprint density at radius 2 is 1.93 bits per heavy atom. The van der Waals surface area contributed by atoms with Crippen molar-refractivity contribution in [2.75, 3.05) is 0 Å². The lowest BCUT2D eigenvalue weighted by Crippen LogP contribution is -2.51. The number of Topliss-reactive ketones (excluding diaryl/α,β-unsaturated/α-hetero) is 1. The van der Waals surface area contributed by atoms with Crippen molar-refractivity contribution < 1.29 is 9.90 Å². The number of aliphatic hydroxyl groups is 1. The fraction of sp³-hybridized carbons (Fsp3) is 0.885. The number of aliphatic hydroxyl groups excluding tert-OH is 1. The van der Waals surface area contributed by atoms with Crippen LogP contribution in [0.3, 0.4) is 0 Å². The summed E-state index contributed by atoms with van der Waals surface area (Å²) < 4.78 is 0. The van der Waals surface area contributed by atoms with E-state index in [4.69, 9.17) is 0 Å². The summed E-state index contributed by atoms with van der Waals surface area (Å²) in [5.74, 6) is 3.85. The summed E-state index contributed by atoms with van der Waals surface area (Å²) in [7, 11) is 0. The molecule has 0 bridgehead atoms. The third-order valence-corrected chi connectivity index (χ3v) is 9.67. The van der Waals surface area contributed by atoms with Crippen LogP contribution in [0.5, 0.6) is 0 Å². The standard InChI is InChI=1S/C26H42O2/c1-17(2)6-5-7-24(28)23-11-10-21-20-9-8-18-16-19(27)12-14-25(18,3)22(20)13-15-26(21,23)4/h8,17,19-23,27H,5-7,9-16H2,1-4H3/t19-,20?,21?,22?,23?,25-,26-/m0/s1. The molecule has 158 valence electrons. The largest absolute Gasteiger partial charge is 0.393 e. The molecule has 0 aliphatic heterocycles. The molecule has 4 aliphatic carbocycles. The third-order valence-electron chi connectivity index (χ3n) is 9.67. The number of carbonyl (C=O) groups excluding carboxylic acids is 1. The van der Waals surface area contributed by atoms with Gasteiger partial charge < -0.3 is 5.11 Å². The van der Waals surface area contributed by atoms with E-state index in [2.05, 4.69) is 33.8 Å². The van der Waals surface area contributed by atoms with E-state index in [0.717, 1.165) is 56.3 Å². The van der Waals surface area contributed by atoms with Crippen LogP contribution in [0.1, 0.15) is 98.3 Å². The van der Waals surface area contributed by atoms with Gasteiger partial charge in [-0.1, -0.05) is 45.8 Å². The van der Waals surface area contributed by atoms with Gasteiger partial charge in [0.25, 0.3) is 0 Å². The molecule has 4 aliphatic rings. The predicted molar refractivity (Wildman–Crippen MR) is 115 cm³/mol. The molecule has 2 nitrogen and oxygen atoms in total. The number of carbonyl (C=O) groups is 1. The molecular weight excluding hydrogens is 344 g/mol. The first-order valence-corrected chi connectivity index (χ1v) is 12.2. The van der Waals surface area contributed by atoms with E-state index in [1.165, 1.54) is 32.1 Å². The first-order valence-electron chi connectivity index (χ1n) is 12.2. The van der Waals surface area contributed by atoms with Gasteiger partial charge in [0.05, 0.1) is 6.10 Å². The van der Waals surface area contributed by atoms with E-state index in [0.29, 0.717) is 23.0 Å². The lowest BCUT2D eigenvalue weighted by atomic mass is 9.47. The number of fused-ring (bicyclic) bond motifs is 5. The van der Waals surface area contributed by atoms with Crippen LogP contribution in [0.15, 0.2) is 11.6 Å². The molecule has 28 heavy (non-hydrogen) atoms. The Hall–Kier alpha value is -0.630. The number of ketones is 1. The molecule has 7 atom stereocenters. The van der Waals surface area contributed by atoms with Crippen molar-refractivity contribution in [3.8, 4) is 0 Å². The smallest absolute Gasteiger partial charge is 0.136 e. The molecule has 0 aromatic rings. The Morgan fingerprint density at radius 1 is 1.14 bits per heavy atom. The van der Waals surface area contributed by atoms with Crippen LogP contribution in [0.2, 0.25) is 0 Å². The molecule has 0 saturated heterocycles. The maximum atomic E-state index is 13.1. The van der Waals surface area contributed by atoms with Crippen LogP contribution in [-0.4, -0.2) is 17.0 Å². The molecule has 3 fully saturated rings. The Balaban J connectivity index is 1.50. The van der Waals surface area contributed by atoms with Crippen LogP contribution >= 0.6 is 0 Å². The number of rotatable bonds is 5. The Labute approximate surface area is 172 Å². The second-order valence-electron chi connectivity index (χ2n) is 11.6. The van der Waals surface area contributed by atoms with Crippen LogP contribution < -0.4 is 0 Å². The summed E-state index contributed by atoms with van der Waals surface area (Å²) >= 11 is 0. The average molecular weight is 387 g/mol. The van der Waals surface area contributed by atoms with E-state index in [1.54, 1.807) is 5.57 Å². The zero-order valence-electron chi connectivity index (χ0n) is 18.7. The lowest BCUT2D eigenvalue weighted by Gasteiger charge is -2.58. The highest BCUT2D eigenvalue weighted by Crippen LogP contribution is 2.66. The summed E-state index contributed by atoms with van der Waals surface area (Å²) in [6, 6.07) is 0. The fourth-order valence-electron chi connectivity index (χ4n) is 8.03. The second kappa shape index (κ2) is 7.56. The molecular formula is C26H42O2. The summed E-state index contributed by atoms with van der Waals surface area (Å²) in [5.41, 5.74) is 2.10. The Morgan fingerprint density at radius 3 is 2.68 bits per heavy atom. The second-order valence-corrected chi connectivity index (χ2v) is 11.6. The molecule has 4 unspecified atom stereocenters. The third kappa shape index (κ3) is 3.32. The quantitative estimate of drug-likeness (QED) is 0.561. The van der Waals surface area contributed by atoms with Gasteiger partial charge in [0.15, 0.2) is 0 Å². The minimum atomic E-state index is -0.121. The molecule has 1 N–H and O–H groups in total. The SMILES string of the molecule is CC(C)CCCC(=O)C1CCC2C3CC=C4C[C@@H](O)CC[C@]4(C)C3CC[C@]12C. The van der Waals surface area contributed by atoms with Gasteiger partial charge >= 0.3 is 0 Å². The number of hydrogen-bond acceptors (Lipinski definition) is 2. The topological polar surface area (TPSA) is 37.3 Å². The van der Waals surface area contributed by atoms with E-state index in [9.17, 15) is 9.90 Å². The highest BCUT2D eigenvalue weighted by atomic mass is 16.3. The summed E-state index contributed by atoms with van der Waals surface area (Å²) in [5, 5.41) is 10.2. The van der Waals surface area contributed by atoms with E-state index < -0.39 is 0 Å². The molecule has 2 heteroatoms. The maximum absolute atomic E-state index is 13.1. The Kier molecular flexibility index (Phi) is 5.57. The first-order chi connectivity index (χ1) is 13.3. The molecule has 4 rings (SSSR count). The normalized spacial score (nSPS) is 45.2.